The van der Waals surface area contributed by atoms with Gasteiger partial charge in [-0.15, -0.1) is 0 Å². The van der Waals surface area contributed by atoms with E-state index in [2.05, 4.69) is 10.5 Å². The molecule has 2 amide bonds. The van der Waals surface area contributed by atoms with Crippen LogP contribution < -0.4 is 11.1 Å². The minimum absolute atomic E-state index is 0.103. The summed E-state index contributed by atoms with van der Waals surface area (Å²) in [6.07, 6.45) is 1.65. The average molecular weight is 764 g/mol. The van der Waals surface area contributed by atoms with Gasteiger partial charge < -0.3 is 73.1 Å². The summed E-state index contributed by atoms with van der Waals surface area (Å²) in [7, 11) is 0. The summed E-state index contributed by atoms with van der Waals surface area (Å²) in [6.45, 7) is 10.7. The van der Waals surface area contributed by atoms with Crippen molar-refractivity contribution >= 4 is 18.0 Å². The lowest BCUT2D eigenvalue weighted by Gasteiger charge is -2.09. The van der Waals surface area contributed by atoms with Gasteiger partial charge in [-0.05, 0) is 17.7 Å². The number of aliphatic hydroxyl groups is 1. The van der Waals surface area contributed by atoms with Gasteiger partial charge in [0.1, 0.15) is 6.61 Å². The lowest BCUT2D eigenvalue weighted by Crippen LogP contribution is -2.28. The molecule has 0 aromatic heterocycles. The Labute approximate surface area is 312 Å². The molecule has 0 bridgehead atoms. The fourth-order valence-electron chi connectivity index (χ4n) is 3.73. The fraction of sp³-hybridized carbons (Fsp3) is 0.743. The fourth-order valence-corrected chi connectivity index (χ4v) is 3.73. The van der Waals surface area contributed by atoms with Crippen molar-refractivity contribution in [1.82, 2.24) is 5.32 Å². The number of rotatable bonds is 41. The molecule has 0 fully saturated rings. The predicted molar refractivity (Wildman–Crippen MR) is 192 cm³/mol. The first kappa shape index (κ1) is 48.2. The molecule has 4 N–H and O–H groups in total. The summed E-state index contributed by atoms with van der Waals surface area (Å²) in [4.78, 5) is 27.3. The zero-order valence-corrected chi connectivity index (χ0v) is 31.0. The quantitative estimate of drug-likeness (QED) is 0.0448. The Bertz CT molecular complexity index is 992. The molecule has 0 radical (unpaired) electrons. The summed E-state index contributed by atoms with van der Waals surface area (Å²) in [5.41, 5.74) is 6.44. The number of benzene rings is 1. The first-order valence-corrected chi connectivity index (χ1v) is 17.9. The Morgan fingerprint density at radius 1 is 0.528 bits per heavy atom. The van der Waals surface area contributed by atoms with Gasteiger partial charge in [0.05, 0.1) is 158 Å². The zero-order valence-electron chi connectivity index (χ0n) is 31.0. The summed E-state index contributed by atoms with van der Waals surface area (Å²) < 4.78 is 59.9. The van der Waals surface area contributed by atoms with Crippen molar-refractivity contribution in [2.75, 3.05) is 165 Å². The van der Waals surface area contributed by atoms with Crippen molar-refractivity contribution in [3.05, 3.63) is 35.4 Å². The van der Waals surface area contributed by atoms with Crippen molar-refractivity contribution in [2.45, 2.75) is 6.42 Å². The van der Waals surface area contributed by atoms with E-state index in [0.717, 1.165) is 5.56 Å². The normalized spacial score (nSPS) is 11.4. The number of hydrogen-bond acceptors (Lipinski definition) is 16. The molecule has 1 rings (SSSR count). The van der Waals surface area contributed by atoms with Crippen LogP contribution in [0.25, 0.3) is 0 Å². The zero-order chi connectivity index (χ0) is 38.1. The second-order valence-electron chi connectivity index (χ2n) is 10.6. The standard InChI is InChI=1S/C35H61N3O15/c36-35(41)33-3-1-32(2-4-33)31-38-53-30-29-52-28-27-51-26-25-50-24-23-49-22-21-48-20-19-47-18-17-46-16-15-45-14-13-44-12-11-43-10-9-42-8-6-37-34(40)5-7-39/h1-4,31,39H,5-30H2,(H2,36,41)(H,37,40)/b38-31+. The van der Waals surface area contributed by atoms with Crippen LogP contribution >= 0.6 is 0 Å². The predicted octanol–water partition coefficient (Wildman–Crippen LogP) is -0.183. The number of oxime groups is 1. The molecule has 18 nitrogen and oxygen atoms in total. The molecule has 0 heterocycles. The maximum absolute atomic E-state index is 11.1. The molecule has 53 heavy (non-hydrogen) atoms. The highest BCUT2D eigenvalue weighted by atomic mass is 16.6. The minimum atomic E-state index is -0.474. The largest absolute Gasteiger partial charge is 0.396 e. The van der Waals surface area contributed by atoms with Crippen molar-refractivity contribution < 1.29 is 71.6 Å². The summed E-state index contributed by atoms with van der Waals surface area (Å²) in [6, 6.07) is 6.71. The lowest BCUT2D eigenvalue weighted by atomic mass is 10.1. The Kier molecular flexibility index (Phi) is 35.3. The van der Waals surface area contributed by atoms with Gasteiger partial charge >= 0.3 is 0 Å². The number of hydrogen-bond donors (Lipinski definition) is 3. The second kappa shape index (κ2) is 38.9. The van der Waals surface area contributed by atoms with Gasteiger partial charge in [0.25, 0.3) is 0 Å². The molecule has 0 unspecified atom stereocenters. The molecule has 1 aromatic carbocycles. The van der Waals surface area contributed by atoms with Crippen LogP contribution in [0.4, 0.5) is 0 Å². The van der Waals surface area contributed by atoms with Crippen LogP contribution in [0.3, 0.4) is 0 Å². The molecule has 0 aliphatic rings. The van der Waals surface area contributed by atoms with Crippen molar-refractivity contribution in [2.24, 2.45) is 10.9 Å². The third-order valence-corrected chi connectivity index (χ3v) is 6.42. The van der Waals surface area contributed by atoms with Crippen LogP contribution in [0, 0.1) is 0 Å². The Morgan fingerprint density at radius 2 is 0.849 bits per heavy atom. The van der Waals surface area contributed by atoms with Gasteiger partial charge in [-0.2, -0.15) is 0 Å². The highest BCUT2D eigenvalue weighted by molar-refractivity contribution is 5.93. The van der Waals surface area contributed by atoms with E-state index in [9.17, 15) is 9.59 Å². The molecule has 1 aromatic rings. The third-order valence-electron chi connectivity index (χ3n) is 6.42. The molecule has 0 saturated carbocycles. The average Bonchev–Trinajstić information content (AvgIpc) is 3.16. The lowest BCUT2D eigenvalue weighted by molar-refractivity contribution is -0.122. The molecular weight excluding hydrogens is 702 g/mol. The Morgan fingerprint density at radius 3 is 1.17 bits per heavy atom. The van der Waals surface area contributed by atoms with E-state index < -0.39 is 5.91 Å². The number of amides is 2. The van der Waals surface area contributed by atoms with Gasteiger partial charge in [0, 0.05) is 18.5 Å². The molecule has 0 aliphatic heterocycles. The maximum Gasteiger partial charge on any atom is 0.248 e. The van der Waals surface area contributed by atoms with Crippen molar-refractivity contribution in [3.63, 3.8) is 0 Å². The molecule has 0 atom stereocenters. The smallest absolute Gasteiger partial charge is 0.248 e. The second-order valence-corrected chi connectivity index (χ2v) is 10.6. The van der Waals surface area contributed by atoms with Crippen LogP contribution in [-0.2, 0) is 61.7 Å². The van der Waals surface area contributed by atoms with E-state index in [0.29, 0.717) is 164 Å². The highest BCUT2D eigenvalue weighted by Crippen LogP contribution is 2.01. The van der Waals surface area contributed by atoms with E-state index >= 15 is 0 Å². The van der Waals surface area contributed by atoms with Gasteiger partial charge in [-0.3, -0.25) is 9.59 Å². The van der Waals surface area contributed by atoms with Crippen LogP contribution in [0.15, 0.2) is 29.4 Å². The van der Waals surface area contributed by atoms with Crippen LogP contribution in [0.1, 0.15) is 22.3 Å². The number of nitrogens with two attached hydrogens (primary N) is 1. The number of ether oxygens (including phenoxy) is 11. The topological polar surface area (TPSA) is 216 Å². The van der Waals surface area contributed by atoms with E-state index in [-0.39, 0.29) is 18.9 Å². The Hall–Kier alpha value is -2.85. The highest BCUT2D eigenvalue weighted by Gasteiger charge is 2.00. The van der Waals surface area contributed by atoms with E-state index in [1.807, 2.05) is 0 Å². The molecule has 306 valence electrons. The number of aliphatic hydroxyl groups excluding tert-OH is 1. The van der Waals surface area contributed by atoms with Crippen LogP contribution in [0.2, 0.25) is 0 Å². The third kappa shape index (κ3) is 34.7. The van der Waals surface area contributed by atoms with E-state index in [4.69, 9.17) is 67.8 Å². The number of nitrogens with one attached hydrogen (secondary N) is 1. The van der Waals surface area contributed by atoms with Crippen molar-refractivity contribution in [3.8, 4) is 0 Å². The summed E-state index contributed by atoms with van der Waals surface area (Å²) in [5.74, 6) is -0.667. The van der Waals surface area contributed by atoms with E-state index in [1.165, 1.54) is 0 Å². The van der Waals surface area contributed by atoms with Gasteiger partial charge in [0.15, 0.2) is 0 Å². The molecule has 18 heteroatoms. The van der Waals surface area contributed by atoms with Gasteiger partial charge in [-0.25, -0.2) is 0 Å². The van der Waals surface area contributed by atoms with Gasteiger partial charge in [0.2, 0.25) is 11.8 Å². The Balaban J connectivity index is 1.65. The number of carbonyl (C=O) groups is 2. The van der Waals surface area contributed by atoms with Crippen molar-refractivity contribution in [1.29, 1.82) is 0 Å². The first-order valence-electron chi connectivity index (χ1n) is 17.9. The number of nitrogens with zero attached hydrogens (tertiary/aromatic N) is 1. The van der Waals surface area contributed by atoms with Gasteiger partial charge in [-0.1, -0.05) is 17.3 Å². The molecule has 0 spiro atoms. The SMILES string of the molecule is NC(=O)c1ccc(/C=N/OCCOCCOCCOCCOCCOCCOCCOCCOCCOCCOCCOCCNC(=O)CCO)cc1. The molecular formula is C35H61N3O15. The summed E-state index contributed by atoms with van der Waals surface area (Å²) in [5, 5.41) is 15.1. The number of primary amides is 1. The first-order chi connectivity index (χ1) is 26.1. The molecule has 0 saturated heterocycles. The minimum Gasteiger partial charge on any atom is -0.396 e. The monoisotopic (exact) mass is 763 g/mol. The number of carbonyl (C=O) groups excluding carboxylic acids is 2. The molecule has 0 aliphatic carbocycles. The van der Waals surface area contributed by atoms with E-state index in [1.54, 1.807) is 30.5 Å². The summed E-state index contributed by atoms with van der Waals surface area (Å²) >= 11 is 0. The van der Waals surface area contributed by atoms with Crippen LogP contribution in [-0.4, -0.2) is 188 Å². The maximum atomic E-state index is 11.1. The van der Waals surface area contributed by atoms with Crippen LogP contribution in [0.5, 0.6) is 0 Å².